The predicted molar refractivity (Wildman–Crippen MR) is 79.7 cm³/mol. The molecule has 22 heavy (non-hydrogen) atoms. The van der Waals surface area contributed by atoms with Gasteiger partial charge in [0.2, 0.25) is 0 Å². The Hall–Kier alpha value is -2.70. The van der Waals surface area contributed by atoms with Gasteiger partial charge in [0.1, 0.15) is 11.7 Å². The maximum Gasteiger partial charge on any atom is 0.326 e. The van der Waals surface area contributed by atoms with E-state index < -0.39 is 17.9 Å². The van der Waals surface area contributed by atoms with Gasteiger partial charge < -0.3 is 10.4 Å². The number of hydrogen-bond donors (Lipinski definition) is 2. The highest BCUT2D eigenvalue weighted by Gasteiger charge is 2.26. The van der Waals surface area contributed by atoms with Crippen LogP contribution in [0.5, 0.6) is 0 Å². The summed E-state index contributed by atoms with van der Waals surface area (Å²) in [6.07, 6.45) is 5.52. The average molecular weight is 302 g/mol. The summed E-state index contributed by atoms with van der Waals surface area (Å²) in [7, 11) is 0. The summed E-state index contributed by atoms with van der Waals surface area (Å²) >= 11 is 0. The monoisotopic (exact) mass is 302 g/mol. The largest absolute Gasteiger partial charge is 0.480 e. The van der Waals surface area contributed by atoms with Crippen molar-refractivity contribution in [3.8, 4) is 5.69 Å². The SMILES string of the molecule is CCC(C)C(NC(=O)c1cc(-n2cccn2)ccn1)C(=O)O. The van der Waals surface area contributed by atoms with Gasteiger partial charge in [-0.2, -0.15) is 5.10 Å². The van der Waals surface area contributed by atoms with E-state index in [0.717, 1.165) is 0 Å². The highest BCUT2D eigenvalue weighted by molar-refractivity contribution is 5.95. The highest BCUT2D eigenvalue weighted by atomic mass is 16.4. The van der Waals surface area contributed by atoms with Gasteiger partial charge in [0.15, 0.2) is 0 Å². The minimum absolute atomic E-state index is 0.155. The topological polar surface area (TPSA) is 97.1 Å². The lowest BCUT2D eigenvalue weighted by Crippen LogP contribution is -2.45. The molecule has 0 aromatic carbocycles. The molecule has 2 heterocycles. The van der Waals surface area contributed by atoms with Gasteiger partial charge in [-0.3, -0.25) is 9.78 Å². The van der Waals surface area contributed by atoms with Gasteiger partial charge in [0.25, 0.3) is 5.91 Å². The van der Waals surface area contributed by atoms with E-state index in [1.165, 1.54) is 6.20 Å². The molecule has 0 spiro atoms. The van der Waals surface area contributed by atoms with Crippen molar-refractivity contribution in [3.05, 3.63) is 42.5 Å². The summed E-state index contributed by atoms with van der Waals surface area (Å²) in [5, 5.41) is 15.8. The van der Waals surface area contributed by atoms with E-state index in [1.807, 2.05) is 6.92 Å². The van der Waals surface area contributed by atoms with Crippen LogP contribution in [0.1, 0.15) is 30.8 Å². The van der Waals surface area contributed by atoms with Crippen LogP contribution in [0.3, 0.4) is 0 Å². The first-order valence-electron chi connectivity index (χ1n) is 7.02. The van der Waals surface area contributed by atoms with Crippen LogP contribution in [0.25, 0.3) is 5.69 Å². The molecule has 7 nitrogen and oxygen atoms in total. The first-order valence-corrected chi connectivity index (χ1v) is 7.02. The molecule has 0 aliphatic rings. The number of pyridine rings is 1. The fourth-order valence-electron chi connectivity index (χ4n) is 2.01. The fraction of sp³-hybridized carbons (Fsp3) is 0.333. The second kappa shape index (κ2) is 6.84. The minimum Gasteiger partial charge on any atom is -0.480 e. The molecule has 0 saturated carbocycles. The Balaban J connectivity index is 2.19. The lowest BCUT2D eigenvalue weighted by molar-refractivity contribution is -0.140. The van der Waals surface area contributed by atoms with E-state index in [4.69, 9.17) is 0 Å². The van der Waals surface area contributed by atoms with Crippen LogP contribution in [0.4, 0.5) is 0 Å². The molecule has 2 atom stereocenters. The van der Waals surface area contributed by atoms with E-state index in [1.54, 1.807) is 42.2 Å². The predicted octanol–water partition coefficient (Wildman–Crippen LogP) is 1.50. The molecule has 7 heteroatoms. The zero-order chi connectivity index (χ0) is 16.1. The van der Waals surface area contributed by atoms with Gasteiger partial charge in [-0.25, -0.2) is 9.48 Å². The van der Waals surface area contributed by atoms with Crippen molar-refractivity contribution in [2.75, 3.05) is 0 Å². The Kier molecular flexibility index (Phi) is 4.88. The van der Waals surface area contributed by atoms with Gasteiger partial charge in [0.05, 0.1) is 5.69 Å². The number of rotatable bonds is 6. The number of aliphatic carboxylic acids is 1. The molecule has 2 aromatic rings. The van der Waals surface area contributed by atoms with Crippen molar-refractivity contribution in [1.82, 2.24) is 20.1 Å². The molecular formula is C15H18N4O3. The fourth-order valence-corrected chi connectivity index (χ4v) is 2.01. The van der Waals surface area contributed by atoms with Gasteiger partial charge in [0, 0.05) is 18.6 Å². The van der Waals surface area contributed by atoms with Gasteiger partial charge >= 0.3 is 5.97 Å². The van der Waals surface area contributed by atoms with Crippen molar-refractivity contribution >= 4 is 11.9 Å². The molecule has 2 N–H and O–H groups in total. The molecule has 0 radical (unpaired) electrons. The standard InChI is InChI=1S/C15H18N4O3/c1-3-10(2)13(15(21)22)18-14(20)12-9-11(5-7-16-12)19-8-4-6-17-19/h4-10,13H,3H2,1-2H3,(H,18,20)(H,21,22). The number of aromatic nitrogens is 3. The molecule has 0 fully saturated rings. The van der Waals surface area contributed by atoms with Crippen molar-refractivity contribution in [2.45, 2.75) is 26.3 Å². The molecule has 1 amide bonds. The lowest BCUT2D eigenvalue weighted by atomic mass is 9.99. The second-order valence-corrected chi connectivity index (χ2v) is 5.02. The number of hydrogen-bond acceptors (Lipinski definition) is 4. The smallest absolute Gasteiger partial charge is 0.326 e. The number of nitrogens with zero attached hydrogens (tertiary/aromatic N) is 3. The number of carboxylic acids is 1. The second-order valence-electron chi connectivity index (χ2n) is 5.02. The van der Waals surface area contributed by atoms with Gasteiger partial charge in [-0.1, -0.05) is 20.3 Å². The van der Waals surface area contributed by atoms with E-state index in [2.05, 4.69) is 15.4 Å². The highest BCUT2D eigenvalue weighted by Crippen LogP contribution is 2.11. The Morgan fingerprint density at radius 2 is 2.18 bits per heavy atom. The van der Waals surface area contributed by atoms with Crippen LogP contribution in [0, 0.1) is 5.92 Å². The molecule has 0 bridgehead atoms. The van der Waals surface area contributed by atoms with Crippen molar-refractivity contribution < 1.29 is 14.7 Å². The Labute approximate surface area is 128 Å². The maximum absolute atomic E-state index is 12.2. The van der Waals surface area contributed by atoms with E-state index in [-0.39, 0.29) is 11.6 Å². The maximum atomic E-state index is 12.2. The summed E-state index contributed by atoms with van der Waals surface area (Å²) in [5.41, 5.74) is 0.836. The Morgan fingerprint density at radius 1 is 1.41 bits per heavy atom. The molecule has 116 valence electrons. The summed E-state index contributed by atoms with van der Waals surface area (Å²) in [6.45, 7) is 3.66. The third-order valence-corrected chi connectivity index (χ3v) is 3.51. The van der Waals surface area contributed by atoms with Crippen LogP contribution < -0.4 is 5.32 Å². The van der Waals surface area contributed by atoms with E-state index in [0.29, 0.717) is 12.1 Å². The minimum atomic E-state index is -1.05. The van der Waals surface area contributed by atoms with E-state index in [9.17, 15) is 14.7 Å². The molecule has 2 aromatic heterocycles. The van der Waals surface area contributed by atoms with Gasteiger partial charge in [-0.15, -0.1) is 0 Å². The van der Waals surface area contributed by atoms with Crippen molar-refractivity contribution in [1.29, 1.82) is 0 Å². The summed E-state index contributed by atoms with van der Waals surface area (Å²) < 4.78 is 1.60. The first kappa shape index (κ1) is 15.7. The first-order chi connectivity index (χ1) is 10.5. The average Bonchev–Trinajstić information content (AvgIpc) is 3.06. The zero-order valence-corrected chi connectivity index (χ0v) is 12.4. The molecule has 0 aliphatic carbocycles. The van der Waals surface area contributed by atoms with Crippen LogP contribution in [0.2, 0.25) is 0 Å². The molecular weight excluding hydrogens is 284 g/mol. The quantitative estimate of drug-likeness (QED) is 0.842. The molecule has 2 unspecified atom stereocenters. The number of nitrogens with one attached hydrogen (secondary N) is 1. The van der Waals surface area contributed by atoms with Gasteiger partial charge in [-0.05, 0) is 24.1 Å². The lowest BCUT2D eigenvalue weighted by Gasteiger charge is -2.19. The van der Waals surface area contributed by atoms with E-state index >= 15 is 0 Å². The van der Waals surface area contributed by atoms with Crippen LogP contribution in [-0.4, -0.2) is 37.8 Å². The van der Waals surface area contributed by atoms with Crippen LogP contribution in [-0.2, 0) is 4.79 Å². The normalized spacial score (nSPS) is 13.4. The number of carbonyl (C=O) groups excluding carboxylic acids is 1. The molecule has 0 saturated heterocycles. The third-order valence-electron chi connectivity index (χ3n) is 3.51. The zero-order valence-electron chi connectivity index (χ0n) is 12.4. The third kappa shape index (κ3) is 3.49. The number of carboxylic acid groups (broad SMARTS) is 1. The van der Waals surface area contributed by atoms with Crippen LogP contribution >= 0.6 is 0 Å². The number of amides is 1. The Morgan fingerprint density at radius 3 is 2.77 bits per heavy atom. The van der Waals surface area contributed by atoms with Crippen molar-refractivity contribution in [2.24, 2.45) is 5.92 Å². The van der Waals surface area contributed by atoms with Crippen molar-refractivity contribution in [3.63, 3.8) is 0 Å². The van der Waals surface area contributed by atoms with Crippen LogP contribution in [0.15, 0.2) is 36.8 Å². The molecule has 2 rings (SSSR count). The number of carbonyl (C=O) groups is 2. The summed E-state index contributed by atoms with van der Waals surface area (Å²) in [4.78, 5) is 27.5. The summed E-state index contributed by atoms with van der Waals surface area (Å²) in [6, 6.07) is 4.11. The Bertz CT molecular complexity index is 655. The summed E-state index contributed by atoms with van der Waals surface area (Å²) in [5.74, 6) is -1.73. The molecule has 0 aliphatic heterocycles.